The van der Waals surface area contributed by atoms with Crippen LogP contribution in [0.15, 0.2) is 30.3 Å². The topological polar surface area (TPSA) is 38.1 Å². The average Bonchev–Trinajstić information content (AvgIpc) is 2.68. The van der Waals surface area contributed by atoms with Crippen LogP contribution in [-0.4, -0.2) is 14.9 Å². The molecule has 2 aromatic rings. The largest absolute Gasteiger partial charge is 0.492 e. The van der Waals surface area contributed by atoms with Gasteiger partial charge in [-0.25, -0.2) is 0 Å². The van der Waals surface area contributed by atoms with Gasteiger partial charge in [-0.1, -0.05) is 44.2 Å². The Morgan fingerprint density at radius 1 is 1.11 bits per heavy atom. The Balaban J connectivity index is 2.72. The van der Waals surface area contributed by atoms with Crippen molar-refractivity contribution in [1.29, 1.82) is 0 Å². The van der Waals surface area contributed by atoms with Crippen LogP contribution in [0.5, 0.6) is 5.88 Å². The van der Waals surface area contributed by atoms with E-state index in [1.165, 1.54) is 0 Å². The zero-order valence-electron chi connectivity index (χ0n) is 12.3. The average molecular weight is 258 g/mol. The third-order valence-electron chi connectivity index (χ3n) is 3.15. The summed E-state index contributed by atoms with van der Waals surface area (Å²) in [5, 5.41) is 14.6. The smallest absolute Gasteiger partial charge is 0.238 e. The third-order valence-corrected chi connectivity index (χ3v) is 3.15. The molecule has 1 heterocycles. The molecule has 0 bridgehead atoms. The van der Waals surface area contributed by atoms with Crippen LogP contribution in [0.4, 0.5) is 0 Å². The highest BCUT2D eigenvalue weighted by molar-refractivity contribution is 5.71. The van der Waals surface area contributed by atoms with Crippen molar-refractivity contribution in [3.63, 3.8) is 0 Å². The molecule has 1 aromatic carbocycles. The molecule has 3 nitrogen and oxygen atoms in total. The second kappa shape index (κ2) is 4.72. The molecule has 0 fully saturated rings. The molecular weight excluding hydrogens is 236 g/mol. The van der Waals surface area contributed by atoms with Gasteiger partial charge in [-0.3, -0.25) is 4.68 Å². The van der Waals surface area contributed by atoms with Crippen molar-refractivity contribution in [3.05, 3.63) is 36.0 Å². The van der Waals surface area contributed by atoms with E-state index < -0.39 is 0 Å². The number of nitrogens with zero attached hydrogens (tertiary/aromatic N) is 2. The molecule has 19 heavy (non-hydrogen) atoms. The summed E-state index contributed by atoms with van der Waals surface area (Å²) in [6.07, 6.45) is 0. The van der Waals surface area contributed by atoms with Gasteiger partial charge in [0.25, 0.3) is 0 Å². The number of aromatic hydroxyl groups is 1. The lowest BCUT2D eigenvalue weighted by Gasteiger charge is -2.24. The van der Waals surface area contributed by atoms with Crippen molar-refractivity contribution in [3.8, 4) is 17.0 Å². The first-order valence-electron chi connectivity index (χ1n) is 6.70. The number of rotatable bonds is 2. The molecule has 0 aliphatic carbocycles. The third kappa shape index (κ3) is 2.50. The molecule has 0 saturated heterocycles. The molecule has 0 aliphatic heterocycles. The van der Waals surface area contributed by atoms with Crippen LogP contribution in [-0.2, 0) is 5.54 Å². The predicted octanol–water partition coefficient (Wildman–Crippen LogP) is 4.13. The summed E-state index contributed by atoms with van der Waals surface area (Å²) in [6, 6.07) is 9.95. The summed E-state index contributed by atoms with van der Waals surface area (Å²) in [7, 11) is 0. The van der Waals surface area contributed by atoms with Gasteiger partial charge >= 0.3 is 0 Å². The van der Waals surface area contributed by atoms with Gasteiger partial charge in [0.05, 0.1) is 16.8 Å². The lowest BCUT2D eigenvalue weighted by atomic mass is 9.97. The van der Waals surface area contributed by atoms with Crippen LogP contribution in [0.25, 0.3) is 11.1 Å². The van der Waals surface area contributed by atoms with Crippen molar-refractivity contribution in [1.82, 2.24) is 9.78 Å². The van der Waals surface area contributed by atoms with E-state index in [0.717, 1.165) is 16.8 Å². The molecule has 0 unspecified atom stereocenters. The standard InChI is InChI=1S/C16H22N2O/c1-11(2)14-13(12-9-7-6-8-10-12)15(19)17-18(14)16(3,4)5/h6-11H,1-5H3,(H,17,19). The van der Waals surface area contributed by atoms with E-state index in [1.807, 2.05) is 35.0 Å². The van der Waals surface area contributed by atoms with Gasteiger partial charge in [-0.2, -0.15) is 0 Å². The maximum Gasteiger partial charge on any atom is 0.238 e. The molecule has 0 radical (unpaired) electrons. The fourth-order valence-electron chi connectivity index (χ4n) is 2.35. The fourth-order valence-corrected chi connectivity index (χ4v) is 2.35. The molecule has 0 aliphatic rings. The van der Waals surface area contributed by atoms with Crippen molar-refractivity contribution in [2.75, 3.05) is 0 Å². The zero-order valence-corrected chi connectivity index (χ0v) is 12.3. The van der Waals surface area contributed by atoms with Gasteiger partial charge in [0, 0.05) is 0 Å². The molecule has 2 rings (SSSR count). The van der Waals surface area contributed by atoms with E-state index in [9.17, 15) is 5.11 Å². The van der Waals surface area contributed by atoms with E-state index in [4.69, 9.17) is 0 Å². The van der Waals surface area contributed by atoms with Gasteiger partial charge in [-0.15, -0.1) is 5.10 Å². The SMILES string of the molecule is CC(C)c1c(-c2ccccc2)c(O)nn1C(C)(C)C. The molecule has 1 aromatic heterocycles. The predicted molar refractivity (Wildman–Crippen MR) is 78.4 cm³/mol. The van der Waals surface area contributed by atoms with Gasteiger partial charge in [0.2, 0.25) is 5.88 Å². The minimum atomic E-state index is -0.149. The Morgan fingerprint density at radius 3 is 2.16 bits per heavy atom. The summed E-state index contributed by atoms with van der Waals surface area (Å²) in [6.45, 7) is 10.6. The van der Waals surface area contributed by atoms with E-state index in [-0.39, 0.29) is 11.4 Å². The number of benzene rings is 1. The molecule has 0 amide bonds. The Morgan fingerprint density at radius 2 is 1.68 bits per heavy atom. The number of hydrogen-bond acceptors (Lipinski definition) is 2. The first-order chi connectivity index (χ1) is 8.82. The van der Waals surface area contributed by atoms with Crippen molar-refractivity contribution >= 4 is 0 Å². The maximum atomic E-state index is 10.2. The Labute approximate surface area is 114 Å². The quantitative estimate of drug-likeness (QED) is 0.879. The Kier molecular flexibility index (Phi) is 3.40. The monoisotopic (exact) mass is 258 g/mol. The zero-order chi connectivity index (χ0) is 14.2. The first kappa shape index (κ1) is 13.7. The lowest BCUT2D eigenvalue weighted by Crippen LogP contribution is -2.25. The number of hydrogen-bond donors (Lipinski definition) is 1. The summed E-state index contributed by atoms with van der Waals surface area (Å²) in [4.78, 5) is 0. The molecule has 102 valence electrons. The van der Waals surface area contributed by atoms with Crippen molar-refractivity contribution < 1.29 is 5.11 Å². The van der Waals surface area contributed by atoms with E-state index in [0.29, 0.717) is 5.92 Å². The Bertz CT molecular complexity index is 562. The molecule has 1 N–H and O–H groups in total. The van der Waals surface area contributed by atoms with Crippen LogP contribution in [0.2, 0.25) is 0 Å². The van der Waals surface area contributed by atoms with Crippen LogP contribution in [0.3, 0.4) is 0 Å². The fraction of sp³-hybridized carbons (Fsp3) is 0.438. The van der Waals surface area contributed by atoms with Crippen LogP contribution < -0.4 is 0 Å². The summed E-state index contributed by atoms with van der Waals surface area (Å²) in [5.41, 5.74) is 2.80. The van der Waals surface area contributed by atoms with Crippen LogP contribution >= 0.6 is 0 Å². The lowest BCUT2D eigenvalue weighted by molar-refractivity contribution is 0.325. The van der Waals surface area contributed by atoms with E-state index in [1.54, 1.807) is 0 Å². The maximum absolute atomic E-state index is 10.2. The van der Waals surface area contributed by atoms with E-state index in [2.05, 4.69) is 39.7 Å². The number of aromatic nitrogens is 2. The minimum absolute atomic E-state index is 0.116. The van der Waals surface area contributed by atoms with Crippen molar-refractivity contribution in [2.45, 2.75) is 46.1 Å². The van der Waals surface area contributed by atoms with E-state index >= 15 is 0 Å². The summed E-state index contributed by atoms with van der Waals surface area (Å²) in [5.74, 6) is 0.410. The minimum Gasteiger partial charge on any atom is -0.492 e. The van der Waals surface area contributed by atoms with Gasteiger partial charge in [0.15, 0.2) is 0 Å². The van der Waals surface area contributed by atoms with Gasteiger partial charge < -0.3 is 5.11 Å². The normalized spacial score (nSPS) is 12.1. The molecule has 3 heteroatoms. The molecule has 0 saturated carbocycles. The van der Waals surface area contributed by atoms with Gasteiger partial charge in [0.1, 0.15) is 0 Å². The Hall–Kier alpha value is -1.77. The van der Waals surface area contributed by atoms with Gasteiger partial charge in [-0.05, 0) is 32.3 Å². The molecular formula is C16H22N2O. The van der Waals surface area contributed by atoms with Crippen LogP contribution in [0.1, 0.15) is 46.2 Å². The molecule has 0 atom stereocenters. The highest BCUT2D eigenvalue weighted by Gasteiger charge is 2.27. The summed E-state index contributed by atoms with van der Waals surface area (Å²) >= 11 is 0. The molecule has 0 spiro atoms. The summed E-state index contributed by atoms with van der Waals surface area (Å²) < 4.78 is 1.94. The second-order valence-corrected chi connectivity index (χ2v) is 6.19. The second-order valence-electron chi connectivity index (χ2n) is 6.19. The van der Waals surface area contributed by atoms with Crippen molar-refractivity contribution in [2.24, 2.45) is 0 Å². The highest BCUT2D eigenvalue weighted by atomic mass is 16.3. The van der Waals surface area contributed by atoms with Crippen LogP contribution in [0, 0.1) is 0 Å². The first-order valence-corrected chi connectivity index (χ1v) is 6.70. The highest BCUT2D eigenvalue weighted by Crippen LogP contribution is 2.38.